The number of anilines is 3. The lowest BCUT2D eigenvalue weighted by Gasteiger charge is -2.09. The fraction of sp³-hybridized carbons (Fsp3) is 0.0588. The Morgan fingerprint density at radius 3 is 2.15 bits per heavy atom. The molecule has 0 spiro atoms. The van der Waals surface area contributed by atoms with Gasteiger partial charge in [0, 0.05) is 6.07 Å². The quantitative estimate of drug-likeness (QED) is 0.711. The molecular weight excluding hydrogens is 362 g/mol. The molecule has 3 rings (SSSR count). The molecular formula is C17H14F2N4O2S. The molecule has 0 atom stereocenters. The number of benzene rings is 2. The largest absolute Gasteiger partial charge is 0.336 e. The van der Waals surface area contributed by atoms with Crippen molar-refractivity contribution in [3.8, 4) is 0 Å². The van der Waals surface area contributed by atoms with Crippen LogP contribution in [0.2, 0.25) is 0 Å². The zero-order chi connectivity index (χ0) is 18.7. The second kappa shape index (κ2) is 7.04. The number of sulfonamides is 1. The maximum atomic E-state index is 13.6. The standard InChI is InChI=1S/C17H14F2N4O2S/c1-11-2-5-13(6-3-11)26(24,25)23-17-9-8-16(21-22-17)20-15-7-4-12(18)10-14(15)19/h2-10H,1H3,(H,20,21)(H,22,23). The van der Waals surface area contributed by atoms with Crippen LogP contribution in [0, 0.1) is 18.6 Å². The number of hydrogen-bond donors (Lipinski definition) is 2. The molecule has 2 N–H and O–H groups in total. The van der Waals surface area contributed by atoms with Crippen molar-refractivity contribution < 1.29 is 17.2 Å². The molecule has 1 aromatic heterocycles. The van der Waals surface area contributed by atoms with Crippen LogP contribution in [-0.2, 0) is 10.0 Å². The number of aromatic nitrogens is 2. The third-order valence-electron chi connectivity index (χ3n) is 3.43. The van der Waals surface area contributed by atoms with Crippen LogP contribution in [0.15, 0.2) is 59.5 Å². The monoisotopic (exact) mass is 376 g/mol. The number of nitrogens with one attached hydrogen (secondary N) is 2. The van der Waals surface area contributed by atoms with Crippen molar-refractivity contribution in [3.63, 3.8) is 0 Å². The van der Waals surface area contributed by atoms with Gasteiger partial charge in [-0.2, -0.15) is 0 Å². The molecule has 0 bridgehead atoms. The van der Waals surface area contributed by atoms with Crippen LogP contribution >= 0.6 is 0 Å². The van der Waals surface area contributed by atoms with E-state index in [4.69, 9.17) is 0 Å². The van der Waals surface area contributed by atoms with Gasteiger partial charge < -0.3 is 5.32 Å². The lowest BCUT2D eigenvalue weighted by Crippen LogP contribution is -2.14. The summed E-state index contributed by atoms with van der Waals surface area (Å²) in [6.45, 7) is 1.85. The van der Waals surface area contributed by atoms with Gasteiger partial charge in [-0.25, -0.2) is 17.2 Å². The first-order valence-electron chi connectivity index (χ1n) is 7.49. The molecule has 6 nitrogen and oxygen atoms in total. The van der Waals surface area contributed by atoms with Crippen molar-refractivity contribution in [2.45, 2.75) is 11.8 Å². The van der Waals surface area contributed by atoms with Crippen molar-refractivity contribution in [1.29, 1.82) is 0 Å². The normalized spacial score (nSPS) is 11.2. The number of nitrogens with zero attached hydrogens (tertiary/aromatic N) is 2. The molecule has 0 unspecified atom stereocenters. The van der Waals surface area contributed by atoms with Gasteiger partial charge in [0.2, 0.25) is 0 Å². The third-order valence-corrected chi connectivity index (χ3v) is 4.80. The molecule has 0 saturated heterocycles. The Hall–Kier alpha value is -3.07. The molecule has 2 aromatic carbocycles. The number of aryl methyl sites for hydroxylation is 1. The molecule has 0 aliphatic rings. The molecule has 0 amide bonds. The summed E-state index contributed by atoms with van der Waals surface area (Å²) in [5.74, 6) is -1.29. The molecule has 9 heteroatoms. The second-order valence-corrected chi connectivity index (χ2v) is 7.15. The first-order chi connectivity index (χ1) is 12.3. The lowest BCUT2D eigenvalue weighted by molar-refractivity contribution is 0.586. The second-order valence-electron chi connectivity index (χ2n) is 5.47. The third kappa shape index (κ3) is 4.12. The van der Waals surface area contributed by atoms with Crippen molar-refractivity contribution in [2.75, 3.05) is 10.0 Å². The van der Waals surface area contributed by atoms with Crippen molar-refractivity contribution in [3.05, 3.63) is 71.8 Å². The molecule has 0 saturated carbocycles. The highest BCUT2D eigenvalue weighted by Crippen LogP contribution is 2.20. The lowest BCUT2D eigenvalue weighted by atomic mass is 10.2. The highest BCUT2D eigenvalue weighted by Gasteiger charge is 2.15. The van der Waals surface area contributed by atoms with E-state index in [-0.39, 0.29) is 22.2 Å². The molecule has 0 aliphatic heterocycles. The van der Waals surface area contributed by atoms with E-state index in [1.165, 1.54) is 30.3 Å². The highest BCUT2D eigenvalue weighted by atomic mass is 32.2. The summed E-state index contributed by atoms with van der Waals surface area (Å²) in [5.41, 5.74) is 0.959. The van der Waals surface area contributed by atoms with Crippen LogP contribution in [-0.4, -0.2) is 18.6 Å². The number of halogens is 2. The van der Waals surface area contributed by atoms with Gasteiger partial charge in [-0.1, -0.05) is 17.7 Å². The van der Waals surface area contributed by atoms with Gasteiger partial charge in [0.15, 0.2) is 11.6 Å². The van der Waals surface area contributed by atoms with Crippen molar-refractivity contribution >= 4 is 27.3 Å². The molecule has 26 heavy (non-hydrogen) atoms. The van der Waals surface area contributed by atoms with E-state index in [1.807, 2.05) is 6.92 Å². The van der Waals surface area contributed by atoms with Crippen molar-refractivity contribution in [1.82, 2.24) is 10.2 Å². The topological polar surface area (TPSA) is 84.0 Å². The van der Waals surface area contributed by atoms with Gasteiger partial charge in [-0.05, 0) is 43.3 Å². The van der Waals surface area contributed by atoms with Crippen LogP contribution in [0.25, 0.3) is 0 Å². The summed E-state index contributed by atoms with van der Waals surface area (Å²) in [7, 11) is -3.79. The Bertz CT molecular complexity index is 1020. The van der Waals surface area contributed by atoms with Crippen LogP contribution in [0.3, 0.4) is 0 Å². The molecule has 3 aromatic rings. The molecule has 0 fully saturated rings. The average Bonchev–Trinajstić information content (AvgIpc) is 2.59. The Kier molecular flexibility index (Phi) is 4.81. The predicted molar refractivity (Wildman–Crippen MR) is 93.7 cm³/mol. The predicted octanol–water partition coefficient (Wildman–Crippen LogP) is 3.61. The van der Waals surface area contributed by atoms with Gasteiger partial charge in [-0.3, -0.25) is 4.72 Å². The van der Waals surface area contributed by atoms with E-state index in [0.717, 1.165) is 17.7 Å². The summed E-state index contributed by atoms with van der Waals surface area (Å²) in [5, 5.41) is 10.2. The fourth-order valence-corrected chi connectivity index (χ4v) is 3.09. The first kappa shape index (κ1) is 17.7. The Morgan fingerprint density at radius 1 is 0.885 bits per heavy atom. The highest BCUT2D eigenvalue weighted by molar-refractivity contribution is 7.92. The first-order valence-corrected chi connectivity index (χ1v) is 8.97. The maximum absolute atomic E-state index is 13.6. The van der Waals surface area contributed by atoms with E-state index in [1.54, 1.807) is 12.1 Å². The summed E-state index contributed by atoms with van der Waals surface area (Å²) in [4.78, 5) is 0.0977. The molecule has 134 valence electrons. The summed E-state index contributed by atoms with van der Waals surface area (Å²) >= 11 is 0. The summed E-state index contributed by atoms with van der Waals surface area (Å²) in [6.07, 6.45) is 0. The van der Waals surface area contributed by atoms with Gasteiger partial charge in [0.25, 0.3) is 10.0 Å². The van der Waals surface area contributed by atoms with Crippen LogP contribution in [0.5, 0.6) is 0 Å². The SMILES string of the molecule is Cc1ccc(S(=O)(=O)Nc2ccc(Nc3ccc(F)cc3F)nn2)cc1. The minimum absolute atomic E-state index is 0.00991. The van der Waals surface area contributed by atoms with Gasteiger partial charge in [0.1, 0.15) is 11.6 Å². The zero-order valence-corrected chi connectivity index (χ0v) is 14.4. The van der Waals surface area contributed by atoms with Crippen LogP contribution in [0.1, 0.15) is 5.56 Å². The van der Waals surface area contributed by atoms with Crippen LogP contribution < -0.4 is 10.0 Å². The van der Waals surface area contributed by atoms with Gasteiger partial charge >= 0.3 is 0 Å². The van der Waals surface area contributed by atoms with Gasteiger partial charge in [0.05, 0.1) is 10.6 Å². The van der Waals surface area contributed by atoms with E-state index in [0.29, 0.717) is 0 Å². The van der Waals surface area contributed by atoms with Crippen LogP contribution in [0.4, 0.5) is 26.1 Å². The maximum Gasteiger partial charge on any atom is 0.263 e. The Balaban J connectivity index is 1.74. The summed E-state index contributed by atoms with van der Waals surface area (Å²) in [6, 6.07) is 12.2. The van der Waals surface area contributed by atoms with Gasteiger partial charge in [-0.15, -0.1) is 10.2 Å². The smallest absolute Gasteiger partial charge is 0.263 e. The number of hydrogen-bond acceptors (Lipinski definition) is 5. The molecule has 1 heterocycles. The summed E-state index contributed by atoms with van der Waals surface area (Å²) < 4.78 is 53.4. The Morgan fingerprint density at radius 2 is 1.54 bits per heavy atom. The van der Waals surface area contributed by atoms with Crippen molar-refractivity contribution in [2.24, 2.45) is 0 Å². The minimum atomic E-state index is -3.79. The molecule has 0 aliphatic carbocycles. The zero-order valence-electron chi connectivity index (χ0n) is 13.6. The fourth-order valence-electron chi connectivity index (χ4n) is 2.10. The van der Waals surface area contributed by atoms with E-state index < -0.39 is 21.7 Å². The Labute approximate surface area is 149 Å². The average molecular weight is 376 g/mol. The van der Waals surface area contributed by atoms with E-state index in [2.05, 4.69) is 20.2 Å². The molecule has 0 radical (unpaired) electrons. The van der Waals surface area contributed by atoms with E-state index in [9.17, 15) is 17.2 Å². The number of rotatable bonds is 5. The minimum Gasteiger partial charge on any atom is -0.336 e. The van der Waals surface area contributed by atoms with E-state index >= 15 is 0 Å².